The molecule has 0 fully saturated rings. The fourth-order valence-electron chi connectivity index (χ4n) is 1.66. The molecule has 0 saturated heterocycles. The Morgan fingerprint density at radius 2 is 1.94 bits per heavy atom. The van der Waals surface area contributed by atoms with Crippen molar-refractivity contribution in [3.05, 3.63) is 51.7 Å². The minimum absolute atomic E-state index is 0.0544. The van der Waals surface area contributed by atoms with Gasteiger partial charge in [0.2, 0.25) is 5.76 Å². The highest BCUT2D eigenvalue weighted by atomic mass is 16.7. The van der Waals surface area contributed by atoms with Crippen LogP contribution in [0.5, 0.6) is 0 Å². The maximum absolute atomic E-state index is 11.0. The molecule has 1 N–H and O–H groups in total. The first-order valence-corrected chi connectivity index (χ1v) is 4.91. The van der Waals surface area contributed by atoms with Crippen LogP contribution >= 0.6 is 0 Å². The summed E-state index contributed by atoms with van der Waals surface area (Å²) in [6.45, 7) is 3.42. The first kappa shape index (κ1) is 10.6. The fraction of sp³-hybridized carbons (Fsp3) is 0.273. The molecule has 2 rings (SSSR count). The van der Waals surface area contributed by atoms with E-state index in [1.165, 1.54) is 0 Å². The Morgan fingerprint density at radius 3 is 2.50 bits per heavy atom. The van der Waals surface area contributed by atoms with Crippen molar-refractivity contribution in [1.82, 2.24) is 5.48 Å². The minimum atomic E-state index is -0.783. The van der Waals surface area contributed by atoms with Gasteiger partial charge in [-0.3, -0.25) is 10.1 Å². The van der Waals surface area contributed by atoms with Crippen molar-refractivity contribution in [2.45, 2.75) is 19.4 Å². The number of hydrogen-bond donors (Lipinski definition) is 1. The Labute approximate surface area is 92.8 Å². The van der Waals surface area contributed by atoms with Gasteiger partial charge in [0.15, 0.2) is 0 Å². The van der Waals surface area contributed by atoms with Gasteiger partial charge in [-0.15, -0.1) is 5.48 Å². The van der Waals surface area contributed by atoms with Crippen LogP contribution in [0.1, 0.15) is 19.4 Å². The topological polar surface area (TPSA) is 64.4 Å². The van der Waals surface area contributed by atoms with Crippen LogP contribution in [0.4, 0.5) is 0 Å². The second-order valence-electron chi connectivity index (χ2n) is 4.13. The van der Waals surface area contributed by atoms with Crippen LogP contribution in [-0.4, -0.2) is 10.5 Å². The molecule has 16 heavy (non-hydrogen) atoms. The van der Waals surface area contributed by atoms with Crippen LogP contribution in [0.15, 0.2) is 36.0 Å². The zero-order valence-corrected chi connectivity index (χ0v) is 9.06. The zero-order chi connectivity index (χ0) is 11.8. The Kier molecular flexibility index (Phi) is 2.40. The largest absolute Gasteiger partial charge is 0.400 e. The maximum Gasteiger partial charge on any atom is 0.313 e. The predicted octanol–water partition coefficient (Wildman–Crippen LogP) is 1.95. The van der Waals surface area contributed by atoms with E-state index in [4.69, 9.17) is 4.84 Å². The van der Waals surface area contributed by atoms with Gasteiger partial charge in [0.25, 0.3) is 0 Å². The number of nitrogens with zero attached hydrogens (tertiary/aromatic N) is 1. The molecule has 0 spiro atoms. The van der Waals surface area contributed by atoms with Crippen molar-refractivity contribution in [2.75, 3.05) is 0 Å². The van der Waals surface area contributed by atoms with E-state index in [9.17, 15) is 10.1 Å². The summed E-state index contributed by atoms with van der Waals surface area (Å²) in [6.07, 6.45) is 0. The van der Waals surface area contributed by atoms with Crippen LogP contribution in [0.3, 0.4) is 0 Å². The smallest absolute Gasteiger partial charge is 0.313 e. The SMILES string of the molecule is CC1(C)NOC(c2ccccc2)=C1[N+](=O)[O-]. The van der Waals surface area contributed by atoms with Gasteiger partial charge in [-0.2, -0.15) is 0 Å². The third-order valence-electron chi connectivity index (χ3n) is 2.43. The van der Waals surface area contributed by atoms with E-state index in [-0.39, 0.29) is 11.5 Å². The number of rotatable bonds is 2. The lowest BCUT2D eigenvalue weighted by molar-refractivity contribution is -0.432. The maximum atomic E-state index is 11.0. The molecule has 0 atom stereocenters. The summed E-state index contributed by atoms with van der Waals surface area (Å²) in [5.41, 5.74) is 2.63. The summed E-state index contributed by atoms with van der Waals surface area (Å²) in [5, 5.41) is 11.0. The fourth-order valence-corrected chi connectivity index (χ4v) is 1.66. The lowest BCUT2D eigenvalue weighted by Crippen LogP contribution is -2.37. The van der Waals surface area contributed by atoms with E-state index < -0.39 is 10.5 Å². The van der Waals surface area contributed by atoms with Gasteiger partial charge >= 0.3 is 5.70 Å². The molecule has 5 heteroatoms. The van der Waals surface area contributed by atoms with Gasteiger partial charge in [-0.05, 0) is 13.8 Å². The Bertz CT molecular complexity index is 452. The summed E-state index contributed by atoms with van der Waals surface area (Å²) in [5.74, 6) is 0.288. The van der Waals surface area contributed by atoms with Gasteiger partial charge in [0.1, 0.15) is 5.54 Å². The average molecular weight is 220 g/mol. The summed E-state index contributed by atoms with van der Waals surface area (Å²) < 4.78 is 0. The summed E-state index contributed by atoms with van der Waals surface area (Å²) in [6, 6.07) is 9.04. The lowest BCUT2D eigenvalue weighted by atomic mass is 10.00. The molecule has 0 aromatic heterocycles. The number of hydrogen-bond acceptors (Lipinski definition) is 4. The molecule has 1 heterocycles. The summed E-state index contributed by atoms with van der Waals surface area (Å²) >= 11 is 0. The van der Waals surface area contributed by atoms with E-state index in [0.717, 1.165) is 0 Å². The average Bonchev–Trinajstić information content (AvgIpc) is 2.55. The Balaban J connectivity index is 2.54. The van der Waals surface area contributed by atoms with Crippen molar-refractivity contribution >= 4 is 5.76 Å². The third-order valence-corrected chi connectivity index (χ3v) is 2.43. The van der Waals surface area contributed by atoms with Crippen molar-refractivity contribution in [1.29, 1.82) is 0 Å². The standard InChI is InChI=1S/C11H12N2O3/c1-11(2)10(13(14)15)9(16-12-11)8-6-4-3-5-7-8/h3-7,12H,1-2H3. The predicted molar refractivity (Wildman–Crippen MR) is 58.7 cm³/mol. The van der Waals surface area contributed by atoms with Crippen LogP contribution < -0.4 is 5.48 Å². The summed E-state index contributed by atoms with van der Waals surface area (Å²) in [4.78, 5) is 15.8. The molecule has 0 aliphatic carbocycles. The highest BCUT2D eigenvalue weighted by Crippen LogP contribution is 2.33. The van der Waals surface area contributed by atoms with Gasteiger partial charge in [-0.25, -0.2) is 0 Å². The Hall–Kier alpha value is -1.88. The normalized spacial score (nSPS) is 18.4. The lowest BCUT2D eigenvalue weighted by Gasteiger charge is -2.12. The molecular weight excluding hydrogens is 208 g/mol. The molecule has 0 amide bonds. The van der Waals surface area contributed by atoms with Gasteiger partial charge in [0.05, 0.1) is 4.92 Å². The van der Waals surface area contributed by atoms with E-state index in [1.807, 2.05) is 18.2 Å². The quantitative estimate of drug-likeness (QED) is 0.611. The monoisotopic (exact) mass is 220 g/mol. The third kappa shape index (κ3) is 1.65. The summed E-state index contributed by atoms with van der Waals surface area (Å²) in [7, 11) is 0. The molecule has 1 aromatic carbocycles. The van der Waals surface area contributed by atoms with Gasteiger partial charge in [-0.1, -0.05) is 30.3 Å². The second-order valence-corrected chi connectivity index (χ2v) is 4.13. The van der Waals surface area contributed by atoms with E-state index in [2.05, 4.69) is 5.48 Å². The molecule has 0 unspecified atom stereocenters. The molecule has 1 aliphatic rings. The molecule has 5 nitrogen and oxygen atoms in total. The molecular formula is C11H12N2O3. The van der Waals surface area contributed by atoms with E-state index in [0.29, 0.717) is 5.56 Å². The first-order chi connectivity index (χ1) is 7.52. The highest BCUT2D eigenvalue weighted by Gasteiger charge is 2.44. The van der Waals surface area contributed by atoms with Crippen molar-refractivity contribution in [3.8, 4) is 0 Å². The van der Waals surface area contributed by atoms with Gasteiger partial charge < -0.3 is 4.84 Å². The number of nitro groups is 1. The van der Waals surface area contributed by atoms with Crippen molar-refractivity contribution in [3.63, 3.8) is 0 Å². The molecule has 0 saturated carbocycles. The van der Waals surface area contributed by atoms with Crippen LogP contribution in [0.2, 0.25) is 0 Å². The van der Waals surface area contributed by atoms with Crippen molar-refractivity contribution in [2.24, 2.45) is 0 Å². The number of benzene rings is 1. The zero-order valence-electron chi connectivity index (χ0n) is 9.06. The molecule has 0 bridgehead atoms. The molecule has 0 radical (unpaired) electrons. The molecule has 1 aromatic rings. The second kappa shape index (κ2) is 3.61. The number of hydroxylamine groups is 1. The van der Waals surface area contributed by atoms with Crippen LogP contribution in [0.25, 0.3) is 5.76 Å². The number of nitrogens with one attached hydrogen (secondary N) is 1. The molecule has 1 aliphatic heterocycles. The van der Waals surface area contributed by atoms with E-state index in [1.54, 1.807) is 26.0 Å². The van der Waals surface area contributed by atoms with E-state index >= 15 is 0 Å². The van der Waals surface area contributed by atoms with Crippen LogP contribution in [0, 0.1) is 10.1 Å². The Morgan fingerprint density at radius 1 is 1.31 bits per heavy atom. The highest BCUT2D eigenvalue weighted by molar-refractivity contribution is 5.64. The molecule has 84 valence electrons. The van der Waals surface area contributed by atoms with Crippen molar-refractivity contribution < 1.29 is 9.76 Å². The minimum Gasteiger partial charge on any atom is -0.400 e. The van der Waals surface area contributed by atoms with Gasteiger partial charge in [0, 0.05) is 5.56 Å². The first-order valence-electron chi connectivity index (χ1n) is 4.91. The van der Waals surface area contributed by atoms with Crippen LogP contribution in [-0.2, 0) is 4.84 Å².